The lowest BCUT2D eigenvalue weighted by atomic mass is 9.88. The molecule has 30 heavy (non-hydrogen) atoms. The maximum absolute atomic E-state index is 6.73. The minimum atomic E-state index is 0.0719. The van der Waals surface area contributed by atoms with Gasteiger partial charge in [0.25, 0.3) is 0 Å². The first-order valence-corrected chi connectivity index (χ1v) is 11.6. The van der Waals surface area contributed by atoms with Crippen LogP contribution in [0.4, 0.5) is 0 Å². The van der Waals surface area contributed by atoms with Crippen LogP contribution in [0.3, 0.4) is 0 Å². The molecular formula is C26H26Cl2N2. The molecule has 2 aliphatic heterocycles. The number of fused-ring (bicyclic) bond motifs is 4. The molecule has 2 nitrogen and oxygen atoms in total. The molecule has 0 radical (unpaired) electrons. The number of pyridine rings is 1. The molecule has 3 atom stereocenters. The fourth-order valence-corrected chi connectivity index (χ4v) is 5.98. The van der Waals surface area contributed by atoms with E-state index < -0.39 is 0 Å². The van der Waals surface area contributed by atoms with Gasteiger partial charge >= 0.3 is 0 Å². The average Bonchev–Trinajstić information content (AvgIpc) is 3.09. The van der Waals surface area contributed by atoms with Crippen molar-refractivity contribution in [2.45, 2.75) is 43.7 Å². The molecule has 0 spiro atoms. The van der Waals surface area contributed by atoms with Gasteiger partial charge in [0, 0.05) is 40.4 Å². The fourth-order valence-electron chi connectivity index (χ4n) is 5.50. The molecule has 3 fully saturated rings. The molecule has 2 bridgehead atoms. The molecule has 1 aromatic heterocycles. The van der Waals surface area contributed by atoms with Crippen molar-refractivity contribution in [3.63, 3.8) is 0 Å². The van der Waals surface area contributed by atoms with Gasteiger partial charge in [0.2, 0.25) is 0 Å². The average molecular weight is 437 g/mol. The fraction of sp³-hybridized carbons (Fsp3) is 0.346. The van der Waals surface area contributed by atoms with Gasteiger partial charge in [-0.2, -0.15) is 0 Å². The van der Waals surface area contributed by atoms with Crippen LogP contribution in [0.25, 0.3) is 0 Å². The Kier molecular flexibility index (Phi) is 5.82. The molecule has 1 saturated carbocycles. The van der Waals surface area contributed by atoms with Crippen LogP contribution in [0.1, 0.15) is 54.5 Å². The molecule has 2 aromatic carbocycles. The van der Waals surface area contributed by atoms with Crippen LogP contribution in [0.15, 0.2) is 72.9 Å². The summed E-state index contributed by atoms with van der Waals surface area (Å²) in [4.78, 5) is 7.37. The van der Waals surface area contributed by atoms with Gasteiger partial charge in [-0.15, -0.1) is 0 Å². The number of nitrogens with zero attached hydrogens (tertiary/aromatic N) is 2. The summed E-state index contributed by atoms with van der Waals surface area (Å²) in [6.07, 6.45) is 6.79. The second-order valence-electron chi connectivity index (χ2n) is 8.66. The summed E-state index contributed by atoms with van der Waals surface area (Å²) in [5.74, 6) is 1.19. The van der Waals surface area contributed by atoms with E-state index in [0.29, 0.717) is 17.9 Å². The number of hydrogen-bond acceptors (Lipinski definition) is 2. The summed E-state index contributed by atoms with van der Waals surface area (Å²) in [6, 6.07) is 23.3. The van der Waals surface area contributed by atoms with Crippen LogP contribution in [-0.2, 0) is 0 Å². The Morgan fingerprint density at radius 3 is 2.10 bits per heavy atom. The maximum atomic E-state index is 6.73. The van der Waals surface area contributed by atoms with E-state index in [1.807, 2.05) is 36.5 Å². The highest BCUT2D eigenvalue weighted by Crippen LogP contribution is 2.47. The van der Waals surface area contributed by atoms with Gasteiger partial charge in [-0.1, -0.05) is 65.7 Å². The second kappa shape index (κ2) is 8.70. The molecule has 1 aliphatic carbocycles. The minimum absolute atomic E-state index is 0.0719. The van der Waals surface area contributed by atoms with E-state index in [9.17, 15) is 0 Å². The van der Waals surface area contributed by atoms with E-state index in [2.05, 4.69) is 41.3 Å². The van der Waals surface area contributed by atoms with Crippen molar-refractivity contribution >= 4 is 23.2 Å². The molecule has 2 saturated heterocycles. The first-order chi connectivity index (χ1) is 14.7. The Morgan fingerprint density at radius 1 is 0.800 bits per heavy atom. The predicted octanol–water partition coefficient (Wildman–Crippen LogP) is 7.14. The highest BCUT2D eigenvalue weighted by molar-refractivity contribution is 6.32. The van der Waals surface area contributed by atoms with E-state index in [4.69, 9.17) is 28.2 Å². The number of halogens is 2. The lowest BCUT2D eigenvalue weighted by Gasteiger charge is -2.43. The highest BCUT2D eigenvalue weighted by Gasteiger charge is 2.41. The predicted molar refractivity (Wildman–Crippen MR) is 124 cm³/mol. The van der Waals surface area contributed by atoms with Gasteiger partial charge < -0.3 is 0 Å². The standard InChI is InChI=1S/C26H26Cl2N2/c27-23-9-3-1-7-21(23)26(22-8-2-4-10-24(22)28)30-17-18-12-13-20(30)16-19(15-18)25-11-5-6-14-29-25/h1-11,14,18-20,26H,12-13,15-17H2. The zero-order valence-corrected chi connectivity index (χ0v) is 18.4. The third kappa shape index (κ3) is 3.89. The molecule has 3 unspecified atom stereocenters. The van der Waals surface area contributed by atoms with Crippen molar-refractivity contribution in [3.05, 3.63) is 99.8 Å². The SMILES string of the molecule is Clc1ccccc1C(c1ccccc1Cl)N1CC2CCC1CC(c1ccccn1)C2. The lowest BCUT2D eigenvalue weighted by Crippen LogP contribution is -2.44. The van der Waals surface area contributed by atoms with Gasteiger partial charge in [0.15, 0.2) is 0 Å². The summed E-state index contributed by atoms with van der Waals surface area (Å²) >= 11 is 13.5. The van der Waals surface area contributed by atoms with Crippen LogP contribution in [0, 0.1) is 5.92 Å². The van der Waals surface area contributed by atoms with Crippen molar-refractivity contribution in [2.75, 3.05) is 6.54 Å². The molecular weight excluding hydrogens is 411 g/mol. The summed E-state index contributed by atoms with van der Waals surface area (Å²) in [5, 5.41) is 1.62. The van der Waals surface area contributed by atoms with Crippen molar-refractivity contribution in [3.8, 4) is 0 Å². The van der Waals surface area contributed by atoms with Crippen LogP contribution >= 0.6 is 23.2 Å². The quantitative estimate of drug-likeness (QED) is 0.431. The molecule has 3 aromatic rings. The number of benzene rings is 2. The molecule has 3 heterocycles. The summed E-state index contributed by atoms with van der Waals surface area (Å²) < 4.78 is 0. The van der Waals surface area contributed by atoms with Crippen molar-refractivity contribution in [2.24, 2.45) is 5.92 Å². The first kappa shape index (κ1) is 20.1. The van der Waals surface area contributed by atoms with Gasteiger partial charge in [0.05, 0.1) is 6.04 Å². The third-order valence-electron chi connectivity index (χ3n) is 6.86. The molecule has 0 amide bonds. The number of piperidine rings is 1. The van der Waals surface area contributed by atoms with E-state index in [0.717, 1.165) is 34.1 Å². The zero-order chi connectivity index (χ0) is 20.5. The van der Waals surface area contributed by atoms with E-state index in [-0.39, 0.29) is 6.04 Å². The second-order valence-corrected chi connectivity index (χ2v) is 9.48. The maximum Gasteiger partial charge on any atom is 0.0633 e. The van der Waals surface area contributed by atoms with Crippen molar-refractivity contribution in [1.82, 2.24) is 9.88 Å². The van der Waals surface area contributed by atoms with Crippen LogP contribution in [0.2, 0.25) is 10.0 Å². The highest BCUT2D eigenvalue weighted by atomic mass is 35.5. The molecule has 3 aliphatic rings. The monoisotopic (exact) mass is 436 g/mol. The normalized spacial score (nSPS) is 24.2. The number of rotatable bonds is 4. The van der Waals surface area contributed by atoms with E-state index >= 15 is 0 Å². The van der Waals surface area contributed by atoms with Gasteiger partial charge in [0.1, 0.15) is 0 Å². The van der Waals surface area contributed by atoms with Crippen molar-refractivity contribution in [1.29, 1.82) is 0 Å². The van der Waals surface area contributed by atoms with E-state index in [1.54, 1.807) is 0 Å². The Balaban J connectivity index is 1.55. The molecule has 0 N–H and O–H groups in total. The Hall–Kier alpha value is -1.87. The summed E-state index contributed by atoms with van der Waals surface area (Å²) in [6.45, 7) is 1.08. The number of aromatic nitrogens is 1. The van der Waals surface area contributed by atoms with Gasteiger partial charge in [-0.05, 0) is 67.0 Å². The van der Waals surface area contributed by atoms with Crippen LogP contribution in [0.5, 0.6) is 0 Å². The van der Waals surface area contributed by atoms with E-state index in [1.165, 1.54) is 25.0 Å². The third-order valence-corrected chi connectivity index (χ3v) is 7.55. The Bertz CT molecular complexity index is 961. The van der Waals surface area contributed by atoms with Gasteiger partial charge in [-0.25, -0.2) is 0 Å². The minimum Gasteiger partial charge on any atom is -0.289 e. The van der Waals surface area contributed by atoms with Crippen molar-refractivity contribution < 1.29 is 0 Å². The molecule has 6 rings (SSSR count). The summed E-state index contributed by atoms with van der Waals surface area (Å²) in [5.41, 5.74) is 3.53. The van der Waals surface area contributed by atoms with Gasteiger partial charge in [-0.3, -0.25) is 9.88 Å². The van der Waals surface area contributed by atoms with Crippen LogP contribution in [-0.4, -0.2) is 22.5 Å². The topological polar surface area (TPSA) is 16.1 Å². The lowest BCUT2D eigenvalue weighted by molar-refractivity contribution is 0.0921. The molecule has 4 heteroatoms. The Labute approximate surface area is 188 Å². The Morgan fingerprint density at radius 2 is 1.47 bits per heavy atom. The number of hydrogen-bond donors (Lipinski definition) is 0. The largest absolute Gasteiger partial charge is 0.289 e. The summed E-state index contributed by atoms with van der Waals surface area (Å²) in [7, 11) is 0. The zero-order valence-electron chi connectivity index (χ0n) is 16.9. The van der Waals surface area contributed by atoms with Crippen LogP contribution < -0.4 is 0 Å². The molecule has 154 valence electrons. The first-order valence-electron chi connectivity index (χ1n) is 10.9. The smallest absolute Gasteiger partial charge is 0.0633 e.